The number of nitrogens with zero attached hydrogens (tertiary/aromatic N) is 9. The van der Waals surface area contributed by atoms with Gasteiger partial charge in [-0.3, -0.25) is 33.4 Å². The van der Waals surface area contributed by atoms with Crippen molar-refractivity contribution in [3.63, 3.8) is 0 Å². The SMILES string of the molecule is CI.Cn1ccc(-c2cccs2)n1.Cn1nc(-c2cccs2)cc1-c1ccc(C(=O)Nc2c(F)cccc2F)s1.Cn1nc(-c2cccs2)cc1B(O)O.Cn1nc(-c2cccs2)cc1B(O)O.O=C(Nc1c(F)cccc1F)c1ccc(Br)s1.c1csc(-c2ccn[nH]2)c1. The first-order valence-electron chi connectivity index (χ1n) is 27.6. The second-order valence-corrected chi connectivity index (χ2v) is 27.3. The van der Waals surface area contributed by atoms with Crippen LogP contribution >= 0.6 is 118 Å². The molecule has 95 heavy (non-hydrogen) atoms. The maximum Gasteiger partial charge on any atom is 0.507 e. The molecule has 488 valence electrons. The second kappa shape index (κ2) is 35.8. The summed E-state index contributed by atoms with van der Waals surface area (Å²) >= 11 is 15.9. The van der Waals surface area contributed by atoms with Crippen LogP contribution in [0, 0.1) is 23.3 Å². The highest BCUT2D eigenvalue weighted by molar-refractivity contribution is 14.1. The van der Waals surface area contributed by atoms with Gasteiger partial charge in [0.2, 0.25) is 0 Å². The summed E-state index contributed by atoms with van der Waals surface area (Å²) in [6, 6.07) is 42.8. The van der Waals surface area contributed by atoms with Crippen molar-refractivity contribution in [1.29, 1.82) is 0 Å². The summed E-state index contributed by atoms with van der Waals surface area (Å²) in [5.41, 5.74) is 5.32. The van der Waals surface area contributed by atoms with Gasteiger partial charge in [-0.25, -0.2) is 17.6 Å². The van der Waals surface area contributed by atoms with Gasteiger partial charge in [0.05, 0.1) is 65.4 Å². The van der Waals surface area contributed by atoms with Gasteiger partial charge in [0.1, 0.15) is 57.4 Å². The molecule has 7 N–H and O–H groups in total. The first-order valence-corrected chi connectivity index (χ1v) is 36.5. The summed E-state index contributed by atoms with van der Waals surface area (Å²) in [4.78, 5) is 33.2. The lowest BCUT2D eigenvalue weighted by Crippen LogP contribution is -2.35. The fraction of sp³-hybridized carbons (Fsp3) is 0.0806. The number of carbonyl (C=O) groups excluding carboxylic acids is 2. The van der Waals surface area contributed by atoms with E-state index in [-0.39, 0.29) is 0 Å². The normalized spacial score (nSPS) is 10.3. The van der Waals surface area contributed by atoms with Crippen LogP contribution in [0.2, 0.25) is 0 Å². The number of carbonyl (C=O) groups is 2. The molecule has 14 aromatic rings. The van der Waals surface area contributed by atoms with Crippen LogP contribution in [0.5, 0.6) is 0 Å². The van der Waals surface area contributed by atoms with E-state index in [9.17, 15) is 27.2 Å². The first kappa shape index (κ1) is 73.0. The van der Waals surface area contributed by atoms with Crippen molar-refractivity contribution < 1.29 is 47.2 Å². The minimum atomic E-state index is -1.47. The number of aromatic amines is 1. The molecule has 2 aromatic carbocycles. The number of hydrogen-bond acceptors (Lipinski definition) is 18. The molecule has 0 radical (unpaired) electrons. The average molecular weight is 1590 g/mol. The fourth-order valence-corrected chi connectivity index (χ4v) is 13.9. The number of nitrogens with one attached hydrogen (secondary N) is 3. The van der Waals surface area contributed by atoms with Gasteiger partial charge < -0.3 is 30.7 Å². The summed E-state index contributed by atoms with van der Waals surface area (Å²) in [6.07, 6.45) is 3.71. The molecule has 0 aliphatic carbocycles. The van der Waals surface area contributed by atoms with E-state index >= 15 is 0 Å². The van der Waals surface area contributed by atoms with Gasteiger partial charge in [0, 0.05) is 40.6 Å². The largest absolute Gasteiger partial charge is 0.507 e. The predicted molar refractivity (Wildman–Crippen MR) is 392 cm³/mol. The Morgan fingerprint density at radius 2 is 0.895 bits per heavy atom. The summed E-state index contributed by atoms with van der Waals surface area (Å²) in [7, 11) is 4.19. The highest BCUT2D eigenvalue weighted by atomic mass is 127. The van der Waals surface area contributed by atoms with Gasteiger partial charge in [-0.15, -0.1) is 79.4 Å². The maximum absolute atomic E-state index is 13.7. The lowest BCUT2D eigenvalue weighted by Gasteiger charge is -2.05. The van der Waals surface area contributed by atoms with Crippen LogP contribution in [0.3, 0.4) is 0 Å². The number of rotatable bonds is 12. The van der Waals surface area contributed by atoms with E-state index in [1.54, 1.807) is 118 Å². The topological polar surface area (TPSA) is 239 Å². The lowest BCUT2D eigenvalue weighted by atomic mass is 9.86. The number of aromatic nitrogens is 10. The molecule has 0 unspecified atom stereocenters. The summed E-state index contributed by atoms with van der Waals surface area (Å²) in [5.74, 6) is -4.32. The zero-order chi connectivity index (χ0) is 68.1. The van der Waals surface area contributed by atoms with Gasteiger partial charge in [0.25, 0.3) is 11.8 Å². The number of benzene rings is 2. The van der Waals surface area contributed by atoms with Crippen molar-refractivity contribution >= 4 is 166 Å². The Morgan fingerprint density at radius 1 is 0.484 bits per heavy atom. The minimum Gasteiger partial charge on any atom is -0.422 e. The average Bonchev–Trinajstić information content (AvgIpc) is 1.71. The molecule has 14 rings (SSSR count). The van der Waals surface area contributed by atoms with Gasteiger partial charge in [-0.2, -0.15) is 25.5 Å². The van der Waals surface area contributed by atoms with Gasteiger partial charge in [-0.05, 0) is 157 Å². The molecule has 0 bridgehead atoms. The quantitative estimate of drug-likeness (QED) is 0.0263. The number of alkyl halides is 1. The second-order valence-electron chi connectivity index (χ2n) is 19.0. The van der Waals surface area contributed by atoms with E-state index in [1.807, 2.05) is 113 Å². The molecule has 0 atom stereocenters. The molecule has 0 aliphatic heterocycles. The van der Waals surface area contributed by atoms with Crippen molar-refractivity contribution in [2.45, 2.75) is 0 Å². The number of thiophene rings is 7. The summed E-state index contributed by atoms with van der Waals surface area (Å²) < 4.78 is 61.3. The van der Waals surface area contributed by atoms with Crippen LogP contribution in [0.25, 0.3) is 63.4 Å². The molecule has 0 saturated heterocycles. The van der Waals surface area contributed by atoms with Crippen molar-refractivity contribution in [2.24, 2.45) is 28.2 Å². The zero-order valence-corrected chi connectivity index (χ0v) is 59.8. The molecule has 0 fully saturated rings. The maximum atomic E-state index is 13.7. The Balaban J connectivity index is 0.000000150. The van der Waals surface area contributed by atoms with Crippen molar-refractivity contribution in [2.75, 3.05) is 15.6 Å². The molecule has 0 saturated carbocycles. The van der Waals surface area contributed by atoms with Crippen LogP contribution in [0.15, 0.2) is 195 Å². The summed E-state index contributed by atoms with van der Waals surface area (Å²) in [6.45, 7) is 0. The fourth-order valence-electron chi connectivity index (χ4n) is 8.19. The van der Waals surface area contributed by atoms with Crippen LogP contribution in [-0.2, 0) is 28.2 Å². The predicted octanol–water partition coefficient (Wildman–Crippen LogP) is 14.4. The van der Waals surface area contributed by atoms with Crippen molar-refractivity contribution in [3.05, 3.63) is 228 Å². The molecule has 12 heterocycles. The van der Waals surface area contributed by atoms with E-state index in [4.69, 9.17) is 20.1 Å². The van der Waals surface area contributed by atoms with E-state index in [1.165, 1.54) is 53.9 Å². The Bertz CT molecular complexity index is 4460. The van der Waals surface area contributed by atoms with Gasteiger partial charge in [0.15, 0.2) is 0 Å². The number of halogens is 6. The Kier molecular flexibility index (Phi) is 27.5. The first-order chi connectivity index (χ1) is 45.8. The highest BCUT2D eigenvalue weighted by Crippen LogP contribution is 2.34. The standard InChI is InChI=1S/C19H13F2N3OS2.C11H6BrF2NOS.2C8H9BN2O2S.C8H8N2S.C7H6N2S.CH3I/c1-24-14(10-13(23-24)15-6-3-9-26-15)16-7-8-17(27-16)19(25)22-18-11(20)4-2-5-12(18)21;12-9-5-4-8(17-9)11(16)15-10-6(13)2-1-3-7(10)14;2*1-11-8(9(12)13)5-6(10-11)7-3-2-4-14-7;1-10-5-4-7(9-10)8-3-2-6-11-8;1-2-7(10-5-1)6-3-4-8-9-6;1-2/h2-10H,1H3,(H,22,25);1-5H,(H,15,16);2*2-5,12-13H,1H3;2-6H,1H3;1-5H,(H,8,9);1H3. The van der Waals surface area contributed by atoms with Crippen LogP contribution in [0.4, 0.5) is 28.9 Å². The smallest absolute Gasteiger partial charge is 0.422 e. The van der Waals surface area contributed by atoms with E-state index in [0.717, 1.165) is 81.7 Å². The van der Waals surface area contributed by atoms with Crippen LogP contribution in [0.1, 0.15) is 19.3 Å². The number of H-pyrrole nitrogens is 1. The monoisotopic (exact) mass is 1590 g/mol. The van der Waals surface area contributed by atoms with Crippen LogP contribution < -0.4 is 21.8 Å². The van der Waals surface area contributed by atoms with Crippen molar-refractivity contribution in [1.82, 2.24) is 49.3 Å². The third-order valence-electron chi connectivity index (χ3n) is 12.6. The Morgan fingerprint density at radius 3 is 1.26 bits per heavy atom. The van der Waals surface area contributed by atoms with Crippen LogP contribution in [-0.4, -0.2) is 100 Å². The van der Waals surface area contributed by atoms with Gasteiger partial charge in [-0.1, -0.05) is 65.1 Å². The van der Waals surface area contributed by atoms with E-state index in [0.29, 0.717) is 20.9 Å². The van der Waals surface area contributed by atoms with E-state index < -0.39 is 60.7 Å². The number of hydrogen-bond donors (Lipinski definition) is 7. The molecular formula is C62H54B2BrF4IN12O6S7. The van der Waals surface area contributed by atoms with Crippen molar-refractivity contribution in [3.8, 4) is 63.4 Å². The minimum absolute atomic E-state index is 0.353. The Labute approximate surface area is 592 Å². The molecule has 33 heteroatoms. The third-order valence-corrected chi connectivity index (χ3v) is 19.8. The molecule has 0 spiro atoms. The Hall–Kier alpha value is -7.77. The highest BCUT2D eigenvalue weighted by Gasteiger charge is 2.21. The number of aryl methyl sites for hydroxylation is 4. The van der Waals surface area contributed by atoms with E-state index in [2.05, 4.69) is 103 Å². The number of para-hydroxylation sites is 2. The zero-order valence-electron chi connectivity index (χ0n) is 50.4. The van der Waals surface area contributed by atoms with Gasteiger partial charge >= 0.3 is 14.2 Å². The molecule has 0 aliphatic rings. The number of amides is 2. The third kappa shape index (κ3) is 20.4. The molecule has 12 aromatic heterocycles. The lowest BCUT2D eigenvalue weighted by molar-refractivity contribution is 0.102. The summed E-state index contributed by atoms with van der Waals surface area (Å²) in [5, 5.41) is 74.5. The number of anilines is 2. The molecule has 2 amide bonds. The molecule has 18 nitrogen and oxygen atoms in total. The molecular weight excluding hydrogens is 1540 g/mol.